The molecule has 0 aromatic carbocycles. The molecule has 1 aliphatic carbocycles. The Morgan fingerprint density at radius 1 is 1.58 bits per heavy atom. The third kappa shape index (κ3) is 1.86. The van der Waals surface area contributed by atoms with Gasteiger partial charge in [-0.3, -0.25) is 0 Å². The first-order valence-corrected chi connectivity index (χ1v) is 5.04. The topological polar surface area (TPSA) is 29.5 Å². The van der Waals surface area contributed by atoms with Gasteiger partial charge in [0.05, 0.1) is 18.8 Å². The first kappa shape index (κ1) is 8.23. The highest BCUT2D eigenvalue weighted by molar-refractivity contribution is 7.09. The highest BCUT2D eigenvalue weighted by atomic mass is 32.1. The molecule has 2 rings (SSSR count). The Hall–Kier alpha value is -0.380. The number of thiophene rings is 1. The van der Waals surface area contributed by atoms with Gasteiger partial charge >= 0.3 is 0 Å². The summed E-state index contributed by atoms with van der Waals surface area (Å²) >= 11 is 1.71. The van der Waals surface area contributed by atoms with Gasteiger partial charge in [-0.2, -0.15) is 0 Å². The predicted molar refractivity (Wildman–Crippen MR) is 48.1 cm³/mol. The van der Waals surface area contributed by atoms with Crippen LogP contribution in [0.1, 0.15) is 17.7 Å². The van der Waals surface area contributed by atoms with Gasteiger partial charge in [0.25, 0.3) is 0 Å². The van der Waals surface area contributed by atoms with Crippen molar-refractivity contribution in [2.75, 3.05) is 0 Å². The molecule has 0 unspecified atom stereocenters. The van der Waals surface area contributed by atoms with Crippen LogP contribution in [-0.2, 0) is 11.3 Å². The van der Waals surface area contributed by atoms with E-state index in [1.165, 1.54) is 4.88 Å². The molecule has 12 heavy (non-hydrogen) atoms. The number of hydrogen-bond acceptors (Lipinski definition) is 3. The van der Waals surface area contributed by atoms with Gasteiger partial charge in [0.1, 0.15) is 0 Å². The molecule has 0 aliphatic heterocycles. The van der Waals surface area contributed by atoms with Gasteiger partial charge in [0.2, 0.25) is 0 Å². The first-order valence-electron chi connectivity index (χ1n) is 4.16. The van der Waals surface area contributed by atoms with Crippen molar-refractivity contribution in [2.45, 2.75) is 31.7 Å². The lowest BCUT2D eigenvalue weighted by Crippen LogP contribution is -2.35. The zero-order valence-electron chi connectivity index (χ0n) is 6.77. The van der Waals surface area contributed by atoms with E-state index in [4.69, 9.17) is 9.84 Å². The largest absolute Gasteiger partial charge is 0.393 e. The van der Waals surface area contributed by atoms with Crippen LogP contribution in [0.5, 0.6) is 0 Å². The van der Waals surface area contributed by atoms with Crippen LogP contribution in [0, 0.1) is 0 Å². The second-order valence-electron chi connectivity index (χ2n) is 3.14. The fourth-order valence-corrected chi connectivity index (χ4v) is 1.89. The molecule has 3 heteroatoms. The van der Waals surface area contributed by atoms with Crippen LogP contribution in [0.15, 0.2) is 17.5 Å². The molecule has 0 amide bonds. The highest BCUT2D eigenvalue weighted by Crippen LogP contribution is 2.24. The van der Waals surface area contributed by atoms with Crippen molar-refractivity contribution < 1.29 is 9.84 Å². The van der Waals surface area contributed by atoms with E-state index in [-0.39, 0.29) is 6.10 Å². The zero-order chi connectivity index (χ0) is 8.39. The Kier molecular flexibility index (Phi) is 2.44. The summed E-state index contributed by atoms with van der Waals surface area (Å²) in [7, 11) is 0. The predicted octanol–water partition coefficient (Wildman–Crippen LogP) is 1.79. The molecule has 0 spiro atoms. The van der Waals surface area contributed by atoms with Gasteiger partial charge in [-0.15, -0.1) is 11.3 Å². The third-order valence-electron chi connectivity index (χ3n) is 2.11. The number of hydrogen-bond donors (Lipinski definition) is 1. The van der Waals surface area contributed by atoms with E-state index in [0.29, 0.717) is 12.7 Å². The minimum atomic E-state index is -0.113. The monoisotopic (exact) mass is 184 g/mol. The Bertz CT molecular complexity index is 227. The summed E-state index contributed by atoms with van der Waals surface area (Å²) < 4.78 is 5.54. The van der Waals surface area contributed by atoms with E-state index in [1.54, 1.807) is 11.3 Å². The number of ether oxygens (including phenoxy) is 1. The van der Waals surface area contributed by atoms with Crippen molar-refractivity contribution in [1.29, 1.82) is 0 Å². The Balaban J connectivity index is 1.70. The van der Waals surface area contributed by atoms with Gasteiger partial charge in [-0.1, -0.05) is 6.07 Å². The number of aliphatic hydroxyl groups is 1. The molecule has 1 heterocycles. The zero-order valence-corrected chi connectivity index (χ0v) is 7.59. The summed E-state index contributed by atoms with van der Waals surface area (Å²) in [5.74, 6) is 0. The smallest absolute Gasteiger partial charge is 0.0813 e. The SMILES string of the molecule is OC1CC(OCc2cccs2)C1. The van der Waals surface area contributed by atoms with Crippen molar-refractivity contribution >= 4 is 11.3 Å². The van der Waals surface area contributed by atoms with Gasteiger partial charge in [0.15, 0.2) is 0 Å². The lowest BCUT2D eigenvalue weighted by atomic mass is 9.92. The molecule has 66 valence electrons. The Morgan fingerprint density at radius 3 is 3.00 bits per heavy atom. The molecule has 1 aromatic heterocycles. The van der Waals surface area contributed by atoms with E-state index in [9.17, 15) is 0 Å². The molecule has 0 atom stereocenters. The summed E-state index contributed by atoms with van der Waals surface area (Å²) in [6.07, 6.45) is 1.80. The van der Waals surface area contributed by atoms with E-state index < -0.39 is 0 Å². The molecule has 0 saturated heterocycles. The maximum atomic E-state index is 9.00. The van der Waals surface area contributed by atoms with Crippen LogP contribution in [0.2, 0.25) is 0 Å². The average molecular weight is 184 g/mol. The highest BCUT2D eigenvalue weighted by Gasteiger charge is 2.27. The standard InChI is InChI=1S/C9H12O2S/c10-7-4-8(5-7)11-6-9-2-1-3-12-9/h1-3,7-8,10H,4-6H2. The van der Waals surface area contributed by atoms with Crippen LogP contribution in [0.3, 0.4) is 0 Å². The second kappa shape index (κ2) is 3.56. The van der Waals surface area contributed by atoms with Gasteiger partial charge < -0.3 is 9.84 Å². The van der Waals surface area contributed by atoms with Crippen LogP contribution in [0.4, 0.5) is 0 Å². The van der Waals surface area contributed by atoms with Gasteiger partial charge in [-0.25, -0.2) is 0 Å². The molecule has 1 saturated carbocycles. The lowest BCUT2D eigenvalue weighted by Gasteiger charge is -2.30. The van der Waals surface area contributed by atoms with Crippen molar-refractivity contribution in [3.8, 4) is 0 Å². The first-order chi connectivity index (χ1) is 5.84. The fourth-order valence-electron chi connectivity index (χ4n) is 1.27. The summed E-state index contributed by atoms with van der Waals surface area (Å²) in [5.41, 5.74) is 0. The third-order valence-corrected chi connectivity index (χ3v) is 2.96. The van der Waals surface area contributed by atoms with Crippen LogP contribution in [-0.4, -0.2) is 17.3 Å². The van der Waals surface area contributed by atoms with Crippen LogP contribution < -0.4 is 0 Å². The summed E-state index contributed by atoms with van der Waals surface area (Å²) in [4.78, 5) is 1.26. The van der Waals surface area contributed by atoms with Crippen LogP contribution in [0.25, 0.3) is 0 Å². The second-order valence-corrected chi connectivity index (χ2v) is 4.17. The number of rotatable bonds is 3. The maximum absolute atomic E-state index is 9.00. The van der Waals surface area contributed by atoms with E-state index in [1.807, 2.05) is 11.4 Å². The molecule has 1 aliphatic rings. The fraction of sp³-hybridized carbons (Fsp3) is 0.556. The Morgan fingerprint density at radius 2 is 2.42 bits per heavy atom. The van der Waals surface area contributed by atoms with E-state index in [0.717, 1.165) is 12.8 Å². The van der Waals surface area contributed by atoms with E-state index >= 15 is 0 Å². The van der Waals surface area contributed by atoms with Gasteiger partial charge in [-0.05, 0) is 24.3 Å². The van der Waals surface area contributed by atoms with Crippen molar-refractivity contribution in [3.63, 3.8) is 0 Å². The molecule has 1 N–H and O–H groups in total. The van der Waals surface area contributed by atoms with E-state index in [2.05, 4.69) is 6.07 Å². The molecule has 0 radical (unpaired) electrons. The Labute approximate surface area is 75.8 Å². The van der Waals surface area contributed by atoms with Crippen LogP contribution >= 0.6 is 11.3 Å². The molecular weight excluding hydrogens is 172 g/mol. The molecular formula is C9H12O2S. The molecule has 0 bridgehead atoms. The summed E-state index contributed by atoms with van der Waals surface area (Å²) in [6, 6.07) is 4.10. The summed E-state index contributed by atoms with van der Waals surface area (Å²) in [5, 5.41) is 11.0. The number of aliphatic hydroxyl groups excluding tert-OH is 1. The molecule has 2 nitrogen and oxygen atoms in total. The maximum Gasteiger partial charge on any atom is 0.0813 e. The van der Waals surface area contributed by atoms with Crippen molar-refractivity contribution in [1.82, 2.24) is 0 Å². The summed E-state index contributed by atoms with van der Waals surface area (Å²) in [6.45, 7) is 0.703. The molecule has 1 aromatic rings. The lowest BCUT2D eigenvalue weighted by molar-refractivity contribution is -0.0771. The van der Waals surface area contributed by atoms with Crippen molar-refractivity contribution in [3.05, 3.63) is 22.4 Å². The molecule has 1 fully saturated rings. The minimum absolute atomic E-state index is 0.113. The van der Waals surface area contributed by atoms with Gasteiger partial charge in [0, 0.05) is 4.88 Å². The average Bonchev–Trinajstić information content (AvgIpc) is 2.47. The quantitative estimate of drug-likeness (QED) is 0.776. The van der Waals surface area contributed by atoms with Crippen molar-refractivity contribution in [2.24, 2.45) is 0 Å². The minimum Gasteiger partial charge on any atom is -0.393 e. The normalized spacial score (nSPS) is 28.4.